The summed E-state index contributed by atoms with van der Waals surface area (Å²) in [6.45, 7) is 1.74. The minimum Gasteiger partial charge on any atom is -0.281 e. The van der Waals surface area contributed by atoms with Crippen molar-refractivity contribution >= 4 is 27.4 Å². The first-order chi connectivity index (χ1) is 8.38. The maximum atomic E-state index is 13.0. The summed E-state index contributed by atoms with van der Waals surface area (Å²) in [5.74, 6) is -0.515. The van der Waals surface area contributed by atoms with E-state index in [4.69, 9.17) is 11.6 Å². The lowest BCUT2D eigenvalue weighted by molar-refractivity contribution is 0.599. The lowest BCUT2D eigenvalue weighted by Gasteiger charge is -2.05. The van der Waals surface area contributed by atoms with Crippen LogP contribution in [0.2, 0.25) is 5.02 Å². The van der Waals surface area contributed by atoms with Crippen LogP contribution in [0.5, 0.6) is 0 Å². The van der Waals surface area contributed by atoms with E-state index in [1.165, 1.54) is 6.07 Å². The van der Waals surface area contributed by atoms with Gasteiger partial charge in [-0.15, -0.1) is 0 Å². The second-order valence-corrected chi connectivity index (χ2v) is 5.71. The van der Waals surface area contributed by atoms with Gasteiger partial charge in [-0.05, 0) is 25.1 Å². The highest BCUT2D eigenvalue weighted by atomic mass is 35.5. The van der Waals surface area contributed by atoms with Gasteiger partial charge in [-0.25, -0.2) is 12.8 Å². The summed E-state index contributed by atoms with van der Waals surface area (Å²) in [6.07, 6.45) is 0. The Bertz CT molecular complexity index is 684. The van der Waals surface area contributed by atoms with Crippen molar-refractivity contribution in [2.45, 2.75) is 11.8 Å². The van der Waals surface area contributed by atoms with Crippen LogP contribution in [0, 0.1) is 12.7 Å². The Hall–Kier alpha value is -1.60. The van der Waals surface area contributed by atoms with Gasteiger partial charge in [-0.3, -0.25) is 9.82 Å². The van der Waals surface area contributed by atoms with E-state index < -0.39 is 15.8 Å². The molecule has 1 aromatic heterocycles. The lowest BCUT2D eigenvalue weighted by atomic mass is 10.3. The smallest absolute Gasteiger partial charge is 0.263 e. The van der Waals surface area contributed by atoms with Gasteiger partial charge >= 0.3 is 0 Å². The molecule has 0 saturated carbocycles. The first-order valence-electron chi connectivity index (χ1n) is 4.88. The Morgan fingerprint density at radius 3 is 2.67 bits per heavy atom. The molecule has 2 N–H and O–H groups in total. The second-order valence-electron chi connectivity index (χ2n) is 3.62. The Labute approximate surface area is 108 Å². The van der Waals surface area contributed by atoms with Crippen LogP contribution in [0.25, 0.3) is 0 Å². The molecular formula is C10H9ClFN3O2S. The van der Waals surface area contributed by atoms with Gasteiger partial charge in [0.05, 0.1) is 9.92 Å². The molecule has 0 saturated heterocycles. The van der Waals surface area contributed by atoms with Crippen LogP contribution in [0.15, 0.2) is 29.2 Å². The van der Waals surface area contributed by atoms with Gasteiger partial charge in [-0.2, -0.15) is 5.10 Å². The van der Waals surface area contributed by atoms with Crippen molar-refractivity contribution in [2.24, 2.45) is 0 Å². The molecule has 0 aliphatic carbocycles. The molecule has 0 aliphatic heterocycles. The van der Waals surface area contributed by atoms with Crippen LogP contribution in [0.4, 0.5) is 10.2 Å². The zero-order valence-electron chi connectivity index (χ0n) is 9.24. The van der Waals surface area contributed by atoms with Crippen LogP contribution < -0.4 is 4.72 Å². The molecule has 8 heteroatoms. The second kappa shape index (κ2) is 4.58. The van der Waals surface area contributed by atoms with E-state index >= 15 is 0 Å². The Balaban J connectivity index is 2.33. The van der Waals surface area contributed by atoms with Crippen LogP contribution in [0.1, 0.15) is 5.69 Å². The van der Waals surface area contributed by atoms with E-state index in [0.29, 0.717) is 5.69 Å². The third-order valence-electron chi connectivity index (χ3n) is 2.15. The van der Waals surface area contributed by atoms with E-state index in [1.54, 1.807) is 6.92 Å². The fourth-order valence-electron chi connectivity index (χ4n) is 1.31. The highest BCUT2D eigenvalue weighted by molar-refractivity contribution is 7.92. The first kappa shape index (κ1) is 12.8. The van der Waals surface area contributed by atoms with Crippen LogP contribution in [-0.2, 0) is 10.0 Å². The molecule has 0 fully saturated rings. The third kappa shape index (κ3) is 2.62. The summed E-state index contributed by atoms with van der Waals surface area (Å²) in [4.78, 5) is -0.130. The van der Waals surface area contributed by atoms with Crippen LogP contribution >= 0.6 is 11.6 Å². The van der Waals surface area contributed by atoms with E-state index in [2.05, 4.69) is 14.9 Å². The zero-order chi connectivity index (χ0) is 13.3. The minimum atomic E-state index is -3.82. The molecule has 0 unspecified atom stereocenters. The molecule has 0 amide bonds. The maximum Gasteiger partial charge on any atom is 0.263 e. The minimum absolute atomic E-state index is 0.130. The normalized spacial score (nSPS) is 11.5. The Morgan fingerprint density at radius 1 is 1.39 bits per heavy atom. The van der Waals surface area contributed by atoms with Crippen molar-refractivity contribution in [3.8, 4) is 0 Å². The monoisotopic (exact) mass is 289 g/mol. The molecule has 2 rings (SSSR count). The molecule has 0 aliphatic rings. The number of aryl methyl sites for hydroxylation is 1. The van der Waals surface area contributed by atoms with Gasteiger partial charge in [0.1, 0.15) is 5.82 Å². The summed E-state index contributed by atoms with van der Waals surface area (Å²) >= 11 is 5.54. The average molecular weight is 290 g/mol. The number of H-pyrrole nitrogens is 1. The maximum absolute atomic E-state index is 13.0. The van der Waals surface area contributed by atoms with Gasteiger partial charge in [0.2, 0.25) is 0 Å². The fourth-order valence-corrected chi connectivity index (χ4v) is 2.57. The number of halogens is 2. The number of aromatic nitrogens is 2. The SMILES string of the molecule is Cc1cc(NS(=O)(=O)c2ccc(F)c(Cl)c2)n[nH]1. The molecule has 1 heterocycles. The molecular weight excluding hydrogens is 281 g/mol. The zero-order valence-corrected chi connectivity index (χ0v) is 10.8. The number of aromatic amines is 1. The fraction of sp³-hybridized carbons (Fsp3) is 0.100. The number of hydrogen-bond donors (Lipinski definition) is 2. The summed E-state index contributed by atoms with van der Waals surface area (Å²) in [5, 5.41) is 6.09. The van der Waals surface area contributed by atoms with Crippen LogP contribution in [0.3, 0.4) is 0 Å². The predicted molar refractivity (Wildman–Crippen MR) is 65.5 cm³/mol. The number of nitrogens with one attached hydrogen (secondary N) is 2. The average Bonchev–Trinajstić information content (AvgIpc) is 2.67. The number of sulfonamides is 1. The Morgan fingerprint density at radius 2 is 2.11 bits per heavy atom. The molecule has 0 bridgehead atoms. The predicted octanol–water partition coefficient (Wildman–Crippen LogP) is 2.31. The molecule has 5 nitrogen and oxygen atoms in total. The molecule has 2 aromatic rings. The summed E-state index contributed by atoms with van der Waals surface area (Å²) in [6, 6.07) is 4.69. The van der Waals surface area contributed by atoms with Gasteiger partial charge in [-0.1, -0.05) is 11.6 Å². The number of hydrogen-bond acceptors (Lipinski definition) is 3. The number of nitrogens with zero attached hydrogens (tertiary/aromatic N) is 1. The summed E-state index contributed by atoms with van der Waals surface area (Å²) in [5.41, 5.74) is 0.713. The van der Waals surface area contributed by atoms with Crippen molar-refractivity contribution in [1.29, 1.82) is 0 Å². The Kier molecular flexibility index (Phi) is 3.27. The topological polar surface area (TPSA) is 74.8 Å². The van der Waals surface area contributed by atoms with Crippen molar-refractivity contribution in [1.82, 2.24) is 10.2 Å². The molecule has 18 heavy (non-hydrogen) atoms. The van der Waals surface area contributed by atoms with Crippen LogP contribution in [-0.4, -0.2) is 18.6 Å². The van der Waals surface area contributed by atoms with E-state index in [1.807, 2.05) is 0 Å². The van der Waals surface area contributed by atoms with E-state index in [-0.39, 0.29) is 15.7 Å². The van der Waals surface area contributed by atoms with Crippen molar-refractivity contribution in [3.05, 3.63) is 40.8 Å². The largest absolute Gasteiger partial charge is 0.281 e. The lowest BCUT2D eigenvalue weighted by Crippen LogP contribution is -2.13. The van der Waals surface area contributed by atoms with Gasteiger partial charge < -0.3 is 0 Å². The highest BCUT2D eigenvalue weighted by Gasteiger charge is 2.17. The van der Waals surface area contributed by atoms with Gasteiger partial charge in [0.15, 0.2) is 5.82 Å². The first-order valence-corrected chi connectivity index (χ1v) is 6.74. The standard InChI is InChI=1S/C10H9ClFN3O2S/c1-6-4-10(14-13-6)15-18(16,17)7-2-3-9(12)8(11)5-7/h2-5H,1H3,(H2,13,14,15). The molecule has 1 aromatic carbocycles. The molecule has 0 atom stereocenters. The molecule has 96 valence electrons. The van der Waals surface area contributed by atoms with Crippen molar-refractivity contribution in [3.63, 3.8) is 0 Å². The number of anilines is 1. The highest BCUT2D eigenvalue weighted by Crippen LogP contribution is 2.21. The molecule has 0 radical (unpaired) electrons. The quantitative estimate of drug-likeness (QED) is 0.910. The molecule has 0 spiro atoms. The number of benzene rings is 1. The van der Waals surface area contributed by atoms with Crippen molar-refractivity contribution < 1.29 is 12.8 Å². The summed E-state index contributed by atoms with van der Waals surface area (Å²) in [7, 11) is -3.82. The third-order valence-corrected chi connectivity index (χ3v) is 3.79. The van der Waals surface area contributed by atoms with E-state index in [9.17, 15) is 12.8 Å². The van der Waals surface area contributed by atoms with Gasteiger partial charge in [0, 0.05) is 11.8 Å². The summed E-state index contributed by atoms with van der Waals surface area (Å²) < 4.78 is 39.1. The van der Waals surface area contributed by atoms with Crippen molar-refractivity contribution in [2.75, 3.05) is 4.72 Å². The number of rotatable bonds is 3. The van der Waals surface area contributed by atoms with E-state index in [0.717, 1.165) is 18.2 Å². The van der Waals surface area contributed by atoms with Gasteiger partial charge in [0.25, 0.3) is 10.0 Å².